The smallest absolute Gasteiger partial charge is 0.291 e. The number of ether oxygens (including phenoxy) is 1. The summed E-state index contributed by atoms with van der Waals surface area (Å²) in [6.45, 7) is 0.661. The van der Waals surface area contributed by atoms with Crippen LogP contribution >= 0.6 is 0 Å². The number of para-hydroxylation sites is 1. The molecule has 1 aliphatic rings. The Bertz CT molecular complexity index is 1550. The minimum absolute atomic E-state index is 0.0784. The predicted octanol–water partition coefficient (Wildman–Crippen LogP) is 5.71. The first-order chi connectivity index (χ1) is 17.2. The summed E-state index contributed by atoms with van der Waals surface area (Å²) in [6.07, 6.45) is 1.56. The lowest BCUT2D eigenvalue weighted by molar-refractivity contribution is 0.0701. The van der Waals surface area contributed by atoms with Gasteiger partial charge in [-0.3, -0.25) is 9.59 Å². The number of hydrogen-bond donors (Lipinski definition) is 0. The summed E-state index contributed by atoms with van der Waals surface area (Å²) in [5.41, 5.74) is 2.40. The van der Waals surface area contributed by atoms with Gasteiger partial charge in [0, 0.05) is 0 Å². The van der Waals surface area contributed by atoms with Gasteiger partial charge in [0.1, 0.15) is 23.7 Å². The Morgan fingerprint density at radius 1 is 0.829 bits per heavy atom. The van der Waals surface area contributed by atoms with Crippen LogP contribution in [0.2, 0.25) is 0 Å². The Morgan fingerprint density at radius 2 is 1.60 bits per heavy atom. The zero-order valence-corrected chi connectivity index (χ0v) is 18.7. The van der Waals surface area contributed by atoms with Crippen LogP contribution in [0.15, 0.2) is 111 Å². The number of amides is 1. The van der Waals surface area contributed by atoms with E-state index in [1.54, 1.807) is 47.6 Å². The van der Waals surface area contributed by atoms with Crippen LogP contribution in [0.4, 0.5) is 0 Å². The maximum Gasteiger partial charge on any atom is 0.291 e. The Hall–Kier alpha value is -4.58. The summed E-state index contributed by atoms with van der Waals surface area (Å²) in [6, 6.07) is 27.4. The van der Waals surface area contributed by atoms with Gasteiger partial charge in [0.15, 0.2) is 5.43 Å². The monoisotopic (exact) mass is 463 g/mol. The number of hydrogen-bond acceptors (Lipinski definition) is 5. The van der Waals surface area contributed by atoms with Crippen molar-refractivity contribution >= 4 is 16.9 Å². The van der Waals surface area contributed by atoms with Crippen LogP contribution in [0.1, 0.15) is 39.0 Å². The number of fused-ring (bicyclic) bond motifs is 2. The third-order valence-corrected chi connectivity index (χ3v) is 6.22. The van der Waals surface area contributed by atoms with Crippen molar-refractivity contribution in [3.8, 4) is 5.75 Å². The number of carbonyl (C=O) groups excluding carboxylic acids is 1. The number of furan rings is 1. The normalized spacial score (nSPS) is 14.9. The van der Waals surface area contributed by atoms with E-state index in [4.69, 9.17) is 13.6 Å². The van der Waals surface area contributed by atoms with Crippen LogP contribution in [0.25, 0.3) is 11.0 Å². The lowest BCUT2D eigenvalue weighted by Crippen LogP contribution is -2.29. The maximum absolute atomic E-state index is 13.5. The van der Waals surface area contributed by atoms with Crippen LogP contribution in [0, 0.1) is 0 Å². The standard InChI is InChI=1S/C29H21NO5/c31-27-23-10-4-5-11-24(23)35-28-25(27)26(30(29(28)32)17-22-9-6-16-33-22)20-12-14-21(15-13-20)34-18-19-7-2-1-3-8-19/h1-16,26H,17-18H2/t26-/m1/s1. The molecular formula is C29H21NO5. The highest BCUT2D eigenvalue weighted by Crippen LogP contribution is 2.39. The van der Waals surface area contributed by atoms with Crippen LogP contribution < -0.4 is 10.2 Å². The number of nitrogens with zero attached hydrogens (tertiary/aromatic N) is 1. The molecule has 6 rings (SSSR count). The van der Waals surface area contributed by atoms with Crippen molar-refractivity contribution in [1.29, 1.82) is 0 Å². The third-order valence-electron chi connectivity index (χ3n) is 6.22. The molecule has 0 aliphatic carbocycles. The molecule has 172 valence electrons. The zero-order chi connectivity index (χ0) is 23.8. The minimum Gasteiger partial charge on any atom is -0.489 e. The van der Waals surface area contributed by atoms with Gasteiger partial charge in [-0.05, 0) is 47.5 Å². The summed E-state index contributed by atoms with van der Waals surface area (Å²) in [7, 11) is 0. The molecule has 0 radical (unpaired) electrons. The number of benzene rings is 3. The number of rotatable bonds is 6. The Morgan fingerprint density at radius 3 is 2.37 bits per heavy atom. The molecule has 1 amide bonds. The molecule has 5 aromatic rings. The Balaban J connectivity index is 1.39. The fraction of sp³-hybridized carbons (Fsp3) is 0.103. The molecule has 0 saturated heterocycles. The maximum atomic E-state index is 13.5. The van der Waals surface area contributed by atoms with E-state index in [2.05, 4.69) is 0 Å². The summed E-state index contributed by atoms with van der Waals surface area (Å²) < 4.78 is 17.4. The fourth-order valence-corrected chi connectivity index (χ4v) is 4.53. The van der Waals surface area contributed by atoms with E-state index in [1.807, 2.05) is 54.6 Å². The van der Waals surface area contributed by atoms with Gasteiger partial charge < -0.3 is 18.5 Å². The highest BCUT2D eigenvalue weighted by atomic mass is 16.5. The van der Waals surface area contributed by atoms with Crippen LogP contribution in [0.5, 0.6) is 5.75 Å². The Kier molecular flexibility index (Phi) is 5.19. The van der Waals surface area contributed by atoms with Crippen LogP contribution in [-0.4, -0.2) is 10.8 Å². The average Bonchev–Trinajstić information content (AvgIpc) is 3.51. The molecule has 0 N–H and O–H groups in total. The lowest BCUT2D eigenvalue weighted by atomic mass is 9.98. The van der Waals surface area contributed by atoms with Crippen molar-refractivity contribution in [3.05, 3.63) is 136 Å². The van der Waals surface area contributed by atoms with Gasteiger partial charge in [-0.15, -0.1) is 0 Å². The number of carbonyl (C=O) groups is 1. The second-order valence-electron chi connectivity index (χ2n) is 8.43. The topological polar surface area (TPSA) is 72.9 Å². The molecule has 3 heterocycles. The molecule has 2 aromatic heterocycles. The second-order valence-corrected chi connectivity index (χ2v) is 8.43. The van der Waals surface area contributed by atoms with E-state index in [0.717, 1.165) is 11.1 Å². The van der Waals surface area contributed by atoms with Crippen molar-refractivity contribution < 1.29 is 18.4 Å². The molecular weight excluding hydrogens is 442 g/mol. The van der Waals surface area contributed by atoms with E-state index >= 15 is 0 Å². The molecule has 0 spiro atoms. The largest absolute Gasteiger partial charge is 0.489 e. The molecule has 1 atom stereocenters. The van der Waals surface area contributed by atoms with Crippen molar-refractivity contribution in [2.75, 3.05) is 0 Å². The van der Waals surface area contributed by atoms with Crippen molar-refractivity contribution in [3.63, 3.8) is 0 Å². The molecule has 6 nitrogen and oxygen atoms in total. The van der Waals surface area contributed by atoms with Gasteiger partial charge in [0.2, 0.25) is 5.76 Å². The van der Waals surface area contributed by atoms with E-state index in [-0.39, 0.29) is 23.6 Å². The zero-order valence-electron chi connectivity index (χ0n) is 18.7. The lowest BCUT2D eigenvalue weighted by Gasteiger charge is -2.24. The van der Waals surface area contributed by atoms with Gasteiger partial charge in [-0.1, -0.05) is 54.6 Å². The fourth-order valence-electron chi connectivity index (χ4n) is 4.53. The average molecular weight is 463 g/mol. The highest BCUT2D eigenvalue weighted by Gasteiger charge is 2.43. The Labute approximate surface area is 201 Å². The van der Waals surface area contributed by atoms with E-state index < -0.39 is 6.04 Å². The van der Waals surface area contributed by atoms with E-state index in [0.29, 0.717) is 34.6 Å². The van der Waals surface area contributed by atoms with E-state index in [1.165, 1.54) is 0 Å². The molecule has 0 fully saturated rings. The molecule has 35 heavy (non-hydrogen) atoms. The SMILES string of the molecule is O=C1c2oc3ccccc3c(=O)c2[C@@H](c2ccc(OCc3ccccc3)cc2)N1Cc1ccco1. The highest BCUT2D eigenvalue weighted by molar-refractivity contribution is 5.99. The van der Waals surface area contributed by atoms with E-state index in [9.17, 15) is 9.59 Å². The molecule has 6 heteroatoms. The van der Waals surface area contributed by atoms with Gasteiger partial charge in [0.25, 0.3) is 5.91 Å². The molecule has 0 bridgehead atoms. The quantitative estimate of drug-likeness (QED) is 0.323. The van der Waals surface area contributed by atoms with Crippen molar-refractivity contribution in [2.24, 2.45) is 0 Å². The summed E-state index contributed by atoms with van der Waals surface area (Å²) in [5.74, 6) is 1.06. The first kappa shape index (κ1) is 21.0. The summed E-state index contributed by atoms with van der Waals surface area (Å²) >= 11 is 0. The van der Waals surface area contributed by atoms with Crippen molar-refractivity contribution in [1.82, 2.24) is 4.90 Å². The van der Waals surface area contributed by atoms with Gasteiger partial charge in [-0.25, -0.2) is 0 Å². The van der Waals surface area contributed by atoms with Gasteiger partial charge >= 0.3 is 0 Å². The van der Waals surface area contributed by atoms with Crippen LogP contribution in [0.3, 0.4) is 0 Å². The molecule has 0 saturated carbocycles. The van der Waals surface area contributed by atoms with Gasteiger partial charge in [-0.2, -0.15) is 0 Å². The predicted molar refractivity (Wildman–Crippen MR) is 130 cm³/mol. The first-order valence-corrected chi connectivity index (χ1v) is 11.3. The van der Waals surface area contributed by atoms with Gasteiger partial charge in [0.05, 0.1) is 29.8 Å². The third kappa shape index (κ3) is 3.79. The minimum atomic E-state index is -0.605. The van der Waals surface area contributed by atoms with Crippen LogP contribution in [-0.2, 0) is 13.2 Å². The second kappa shape index (κ2) is 8.65. The first-order valence-electron chi connectivity index (χ1n) is 11.3. The molecule has 3 aromatic carbocycles. The molecule has 1 aliphatic heterocycles. The summed E-state index contributed by atoms with van der Waals surface area (Å²) in [5, 5.41) is 0.451. The summed E-state index contributed by atoms with van der Waals surface area (Å²) in [4.78, 5) is 28.6. The van der Waals surface area contributed by atoms with Crippen molar-refractivity contribution in [2.45, 2.75) is 19.2 Å². The molecule has 0 unspecified atom stereocenters.